The summed E-state index contributed by atoms with van der Waals surface area (Å²) in [6, 6.07) is 0. The van der Waals surface area contributed by atoms with Gasteiger partial charge in [-0.1, -0.05) is 5.92 Å². The van der Waals surface area contributed by atoms with E-state index in [1.807, 2.05) is 0 Å². The Bertz CT molecular complexity index is 179. The van der Waals surface area contributed by atoms with E-state index in [0.29, 0.717) is 5.92 Å². The Kier molecular flexibility index (Phi) is 4.93. The van der Waals surface area contributed by atoms with E-state index in [1.54, 1.807) is 0 Å². The van der Waals surface area contributed by atoms with Crippen molar-refractivity contribution in [1.82, 2.24) is 4.90 Å². The monoisotopic (exact) mass is 178 g/mol. The molecule has 0 atom stereocenters. The van der Waals surface area contributed by atoms with E-state index < -0.39 is 0 Å². The number of hydrogen-bond donors (Lipinski definition) is 0. The van der Waals surface area contributed by atoms with Gasteiger partial charge in [-0.25, -0.2) is 0 Å². The Labute approximate surface area is 82.5 Å². The van der Waals surface area contributed by atoms with E-state index in [-0.39, 0.29) is 0 Å². The van der Waals surface area contributed by atoms with Gasteiger partial charge >= 0.3 is 0 Å². The molecule has 1 nitrogen and oxygen atoms in total. The molecule has 0 bridgehead atoms. The fourth-order valence-corrected chi connectivity index (χ4v) is 1.57. The molecule has 0 saturated heterocycles. The van der Waals surface area contributed by atoms with E-state index in [0.717, 1.165) is 13.0 Å². The van der Waals surface area contributed by atoms with Crippen molar-refractivity contribution in [3.8, 4) is 11.8 Å². The summed E-state index contributed by atoms with van der Waals surface area (Å²) in [6.45, 7) is 1.09. The molecule has 0 spiro atoms. The van der Waals surface area contributed by atoms with Gasteiger partial charge in [0, 0.05) is 18.9 Å². The van der Waals surface area contributed by atoms with Gasteiger partial charge in [0.1, 0.15) is 0 Å². The summed E-state index contributed by atoms with van der Waals surface area (Å²) in [7, 11) is 4.19. The molecule has 0 aliphatic heterocycles. The fraction of sp³-hybridized carbons (Fsp3) is 0.750. The Morgan fingerprint density at radius 2 is 2.00 bits per heavy atom. The lowest BCUT2D eigenvalue weighted by atomic mass is 9.90. The molecule has 0 amide bonds. The molecule has 1 rings (SSSR count). The molecule has 73 valence electrons. The fourth-order valence-electron chi connectivity index (χ4n) is 1.57. The van der Waals surface area contributed by atoms with Crippen molar-refractivity contribution in [3.63, 3.8) is 0 Å². The highest BCUT2D eigenvalue weighted by atomic mass is 15.0. The van der Waals surface area contributed by atoms with Crippen molar-refractivity contribution in [1.29, 1.82) is 0 Å². The van der Waals surface area contributed by atoms with Crippen LogP contribution in [0.4, 0.5) is 0 Å². The van der Waals surface area contributed by atoms with Gasteiger partial charge in [0.2, 0.25) is 0 Å². The van der Waals surface area contributed by atoms with Gasteiger partial charge in [-0.2, -0.15) is 0 Å². The summed E-state index contributed by atoms with van der Waals surface area (Å²) in [5.74, 6) is 7.35. The predicted molar refractivity (Wildman–Crippen MR) is 57.2 cm³/mol. The predicted octanol–water partition coefficient (Wildman–Crippen LogP) is 2.34. The van der Waals surface area contributed by atoms with Gasteiger partial charge in [-0.3, -0.25) is 0 Å². The van der Waals surface area contributed by atoms with Crippen LogP contribution < -0.4 is 0 Å². The molecule has 13 heavy (non-hydrogen) atoms. The van der Waals surface area contributed by atoms with Crippen molar-refractivity contribution < 1.29 is 0 Å². The largest absolute Gasteiger partial charge is 0.308 e. The number of rotatable bonds is 2. The highest BCUT2D eigenvalue weighted by Gasteiger charge is 2.09. The molecule has 0 N–H and O–H groups in total. The zero-order chi connectivity index (χ0) is 9.52. The van der Waals surface area contributed by atoms with Crippen LogP contribution >= 0.6 is 0 Å². The standard InChI is InChI=1S/C12H20N/c1-13(2)11-7-6-10-12-8-4-3-5-9-12/h3,12H,4-5,7-9,11H2,1-2H3. The average molecular weight is 178 g/mol. The third-order valence-corrected chi connectivity index (χ3v) is 2.43. The lowest BCUT2D eigenvalue weighted by Crippen LogP contribution is -2.12. The molecule has 0 unspecified atom stereocenters. The second-order valence-corrected chi connectivity index (χ2v) is 4.01. The van der Waals surface area contributed by atoms with Crippen LogP contribution in [0.5, 0.6) is 0 Å². The van der Waals surface area contributed by atoms with Crippen molar-refractivity contribution in [3.05, 3.63) is 6.42 Å². The van der Waals surface area contributed by atoms with Crippen LogP contribution in [-0.4, -0.2) is 25.5 Å². The summed E-state index contributed by atoms with van der Waals surface area (Å²) in [5.41, 5.74) is 0. The molecular formula is C12H20N. The molecule has 1 saturated carbocycles. The Morgan fingerprint density at radius 3 is 2.62 bits per heavy atom. The molecule has 1 radical (unpaired) electrons. The maximum Gasteiger partial charge on any atom is 0.0216 e. The average Bonchev–Trinajstić information content (AvgIpc) is 2.14. The van der Waals surface area contributed by atoms with Gasteiger partial charge in [-0.15, -0.1) is 5.92 Å². The van der Waals surface area contributed by atoms with Crippen molar-refractivity contribution in [2.45, 2.75) is 32.1 Å². The second kappa shape index (κ2) is 6.05. The Morgan fingerprint density at radius 1 is 1.31 bits per heavy atom. The molecule has 0 aromatic rings. The first-order valence-electron chi connectivity index (χ1n) is 5.24. The first kappa shape index (κ1) is 10.6. The topological polar surface area (TPSA) is 3.24 Å². The van der Waals surface area contributed by atoms with E-state index >= 15 is 0 Å². The van der Waals surface area contributed by atoms with Crippen LogP contribution in [0.2, 0.25) is 0 Å². The Balaban J connectivity index is 2.13. The minimum atomic E-state index is 0.687. The van der Waals surface area contributed by atoms with Crippen LogP contribution in [0, 0.1) is 24.2 Å². The van der Waals surface area contributed by atoms with Crippen molar-refractivity contribution in [2.24, 2.45) is 5.92 Å². The van der Waals surface area contributed by atoms with E-state index in [4.69, 9.17) is 0 Å². The van der Waals surface area contributed by atoms with Crippen LogP contribution in [-0.2, 0) is 0 Å². The SMILES string of the molecule is CN(C)CCC#CC1CC[CH]CC1. The third kappa shape index (κ3) is 4.95. The maximum absolute atomic E-state index is 3.38. The first-order valence-corrected chi connectivity index (χ1v) is 5.24. The number of nitrogens with zero attached hydrogens (tertiary/aromatic N) is 1. The zero-order valence-corrected chi connectivity index (χ0v) is 8.84. The molecule has 1 heteroatoms. The van der Waals surface area contributed by atoms with Gasteiger partial charge < -0.3 is 4.90 Å². The molecule has 1 aliphatic rings. The van der Waals surface area contributed by atoms with Gasteiger partial charge in [0.15, 0.2) is 0 Å². The van der Waals surface area contributed by atoms with E-state index in [2.05, 4.69) is 37.3 Å². The third-order valence-electron chi connectivity index (χ3n) is 2.43. The lowest BCUT2D eigenvalue weighted by Gasteiger charge is -2.15. The van der Waals surface area contributed by atoms with Crippen molar-refractivity contribution in [2.75, 3.05) is 20.6 Å². The normalized spacial score (nSPS) is 18.4. The minimum absolute atomic E-state index is 0.687. The Hall–Kier alpha value is -0.480. The minimum Gasteiger partial charge on any atom is -0.308 e. The maximum atomic E-state index is 3.38. The quantitative estimate of drug-likeness (QED) is 0.587. The highest BCUT2D eigenvalue weighted by Crippen LogP contribution is 2.21. The summed E-state index contributed by atoms with van der Waals surface area (Å²) in [6.07, 6.45) is 8.52. The summed E-state index contributed by atoms with van der Waals surface area (Å²) < 4.78 is 0. The van der Waals surface area contributed by atoms with Crippen molar-refractivity contribution >= 4 is 0 Å². The molecular weight excluding hydrogens is 158 g/mol. The molecule has 0 heterocycles. The van der Waals surface area contributed by atoms with Crippen LogP contribution in [0.15, 0.2) is 0 Å². The summed E-state index contributed by atoms with van der Waals surface area (Å²) >= 11 is 0. The van der Waals surface area contributed by atoms with Gasteiger partial charge in [0.25, 0.3) is 0 Å². The number of hydrogen-bond acceptors (Lipinski definition) is 1. The molecule has 1 fully saturated rings. The van der Waals surface area contributed by atoms with Crippen LogP contribution in [0.25, 0.3) is 0 Å². The zero-order valence-electron chi connectivity index (χ0n) is 8.84. The first-order chi connectivity index (χ1) is 6.29. The highest BCUT2D eigenvalue weighted by molar-refractivity contribution is 5.05. The van der Waals surface area contributed by atoms with Crippen LogP contribution in [0.3, 0.4) is 0 Å². The van der Waals surface area contributed by atoms with Gasteiger partial charge in [0.05, 0.1) is 0 Å². The molecule has 0 aromatic carbocycles. The van der Waals surface area contributed by atoms with Crippen LogP contribution in [0.1, 0.15) is 32.1 Å². The van der Waals surface area contributed by atoms with Gasteiger partial charge in [-0.05, 0) is 46.2 Å². The van der Waals surface area contributed by atoms with E-state index in [9.17, 15) is 0 Å². The smallest absolute Gasteiger partial charge is 0.0216 e. The molecule has 1 aliphatic carbocycles. The lowest BCUT2D eigenvalue weighted by molar-refractivity contribution is 0.419. The van der Waals surface area contributed by atoms with E-state index in [1.165, 1.54) is 25.7 Å². The second-order valence-electron chi connectivity index (χ2n) is 4.01. The molecule has 0 aromatic heterocycles. The summed E-state index contributed by atoms with van der Waals surface area (Å²) in [4.78, 5) is 2.18. The summed E-state index contributed by atoms with van der Waals surface area (Å²) in [5, 5.41) is 0.